The molecule has 1 aliphatic heterocycles. The van der Waals surface area contributed by atoms with Crippen LogP contribution >= 0.6 is 12.2 Å². The minimum Gasteiger partial charge on any atom is -0.462 e. The van der Waals surface area contributed by atoms with E-state index < -0.39 is 10.9 Å². The van der Waals surface area contributed by atoms with Crippen molar-refractivity contribution < 1.29 is 19.2 Å². The number of ether oxygens (including phenoxy) is 1. The topological polar surface area (TPSA) is 105 Å². The Kier molecular flexibility index (Phi) is 9.13. The zero-order valence-corrected chi connectivity index (χ0v) is 21.4. The van der Waals surface area contributed by atoms with Gasteiger partial charge in [-0.15, -0.1) is 0 Å². The first kappa shape index (κ1) is 26.8. The normalized spacial score (nSPS) is 13.7. The average molecular weight is 511 g/mol. The summed E-state index contributed by atoms with van der Waals surface area (Å²) >= 11 is 5.40. The smallest absolute Gasteiger partial charge is 0.338 e. The van der Waals surface area contributed by atoms with Gasteiger partial charge in [0.05, 0.1) is 17.1 Å². The number of thiocarbonyl (C=S) groups is 1. The van der Waals surface area contributed by atoms with E-state index in [1.165, 1.54) is 23.8 Å². The Bertz CT molecular complexity index is 1160. The molecule has 0 radical (unpaired) electrons. The van der Waals surface area contributed by atoms with E-state index in [1.807, 2.05) is 34.1 Å². The predicted molar refractivity (Wildman–Crippen MR) is 143 cm³/mol. The standard InChI is InChI=1S/C26H30N4O5S/c1-4-35-25(32)21-10-11-22(23(17-21)30(33)34)28-13-15-29(16-14-28)26(36)27-24(31)12-7-19-5-8-20(9-6-19)18(2)3/h5-12,17-18H,4,13-16H2,1-3H3,(H,27,31,36)/b12-7+. The third-order valence-electron chi connectivity index (χ3n) is 5.85. The van der Waals surface area contributed by atoms with Crippen molar-refractivity contribution in [1.82, 2.24) is 10.2 Å². The average Bonchev–Trinajstić information content (AvgIpc) is 2.87. The zero-order valence-electron chi connectivity index (χ0n) is 20.6. The van der Waals surface area contributed by atoms with Crippen LogP contribution in [0.5, 0.6) is 0 Å². The molecule has 0 atom stereocenters. The molecule has 2 aromatic rings. The van der Waals surface area contributed by atoms with E-state index in [1.54, 1.807) is 19.1 Å². The second-order valence-corrected chi connectivity index (χ2v) is 8.99. The van der Waals surface area contributed by atoms with Gasteiger partial charge in [0.25, 0.3) is 5.69 Å². The molecule has 1 aliphatic rings. The molecular formula is C26H30N4O5S. The van der Waals surface area contributed by atoms with Crippen molar-refractivity contribution in [2.75, 3.05) is 37.7 Å². The number of carbonyl (C=O) groups excluding carboxylic acids is 2. The van der Waals surface area contributed by atoms with Crippen LogP contribution in [0.15, 0.2) is 48.5 Å². The number of amides is 1. The van der Waals surface area contributed by atoms with Gasteiger partial charge in [-0.05, 0) is 54.4 Å². The van der Waals surface area contributed by atoms with Crippen LogP contribution in [0.25, 0.3) is 6.08 Å². The summed E-state index contributed by atoms with van der Waals surface area (Å²) in [6.07, 6.45) is 3.18. The van der Waals surface area contributed by atoms with E-state index in [4.69, 9.17) is 17.0 Å². The van der Waals surface area contributed by atoms with Crippen LogP contribution < -0.4 is 10.2 Å². The molecule has 1 fully saturated rings. The third kappa shape index (κ3) is 6.88. The lowest BCUT2D eigenvalue weighted by Crippen LogP contribution is -2.52. The summed E-state index contributed by atoms with van der Waals surface area (Å²) in [6, 6.07) is 12.4. The molecular weight excluding hydrogens is 480 g/mol. The van der Waals surface area contributed by atoms with E-state index in [0.717, 1.165) is 5.56 Å². The first-order valence-electron chi connectivity index (χ1n) is 11.8. The molecule has 2 aromatic carbocycles. The van der Waals surface area contributed by atoms with Crippen LogP contribution in [-0.2, 0) is 9.53 Å². The molecule has 0 spiro atoms. The number of hydrogen-bond donors (Lipinski definition) is 1. The van der Waals surface area contributed by atoms with E-state index >= 15 is 0 Å². The number of benzene rings is 2. The molecule has 1 amide bonds. The van der Waals surface area contributed by atoms with Crippen LogP contribution in [0.2, 0.25) is 0 Å². The van der Waals surface area contributed by atoms with Crippen molar-refractivity contribution in [3.05, 3.63) is 75.3 Å². The van der Waals surface area contributed by atoms with E-state index in [0.29, 0.717) is 42.9 Å². The summed E-state index contributed by atoms with van der Waals surface area (Å²) in [4.78, 5) is 39.2. The summed E-state index contributed by atoms with van der Waals surface area (Å²) in [5, 5.41) is 14.7. The van der Waals surface area contributed by atoms with E-state index in [9.17, 15) is 19.7 Å². The number of nitrogens with zero attached hydrogens (tertiary/aromatic N) is 3. The highest BCUT2D eigenvalue weighted by molar-refractivity contribution is 7.80. The van der Waals surface area contributed by atoms with Gasteiger partial charge < -0.3 is 14.5 Å². The zero-order chi connectivity index (χ0) is 26.2. The van der Waals surface area contributed by atoms with Crippen LogP contribution in [0, 0.1) is 10.1 Å². The van der Waals surface area contributed by atoms with Crippen LogP contribution in [0.1, 0.15) is 48.2 Å². The number of piperazine rings is 1. The number of anilines is 1. The number of nitro benzene ring substituents is 1. The molecule has 10 heteroatoms. The van der Waals surface area contributed by atoms with Gasteiger partial charge in [-0.2, -0.15) is 0 Å². The minimum atomic E-state index is -0.598. The van der Waals surface area contributed by atoms with Gasteiger partial charge in [0.1, 0.15) is 5.69 Å². The van der Waals surface area contributed by atoms with E-state index in [-0.39, 0.29) is 23.8 Å². The number of carbonyl (C=O) groups is 2. The number of rotatable bonds is 7. The van der Waals surface area contributed by atoms with Gasteiger partial charge >= 0.3 is 5.97 Å². The summed E-state index contributed by atoms with van der Waals surface area (Å²) in [5.74, 6) is -0.473. The highest BCUT2D eigenvalue weighted by Crippen LogP contribution is 2.30. The number of nitrogens with one attached hydrogen (secondary N) is 1. The third-order valence-corrected chi connectivity index (χ3v) is 6.21. The first-order valence-corrected chi connectivity index (χ1v) is 12.2. The highest BCUT2D eigenvalue weighted by atomic mass is 32.1. The van der Waals surface area contributed by atoms with Crippen molar-refractivity contribution in [2.24, 2.45) is 0 Å². The van der Waals surface area contributed by atoms with Crippen LogP contribution in [0.3, 0.4) is 0 Å². The number of hydrogen-bond acceptors (Lipinski definition) is 7. The maximum absolute atomic E-state index is 12.3. The fraction of sp³-hybridized carbons (Fsp3) is 0.346. The van der Waals surface area contributed by atoms with Gasteiger partial charge in [-0.1, -0.05) is 38.1 Å². The van der Waals surface area contributed by atoms with E-state index in [2.05, 4.69) is 19.2 Å². The molecule has 0 bridgehead atoms. The predicted octanol–water partition coefficient (Wildman–Crippen LogP) is 4.13. The Hall–Kier alpha value is -3.79. The van der Waals surface area contributed by atoms with Crippen molar-refractivity contribution >= 4 is 46.7 Å². The molecule has 0 saturated carbocycles. The van der Waals surface area contributed by atoms with Crippen LogP contribution in [-0.4, -0.2) is 59.6 Å². The largest absolute Gasteiger partial charge is 0.462 e. The highest BCUT2D eigenvalue weighted by Gasteiger charge is 2.26. The van der Waals surface area contributed by atoms with Gasteiger partial charge in [-0.25, -0.2) is 4.79 Å². The van der Waals surface area contributed by atoms with Crippen molar-refractivity contribution in [2.45, 2.75) is 26.7 Å². The summed E-state index contributed by atoms with van der Waals surface area (Å²) in [5.41, 5.74) is 2.56. The maximum atomic E-state index is 12.3. The molecule has 1 saturated heterocycles. The quantitative estimate of drug-likeness (QED) is 0.195. The molecule has 0 aliphatic carbocycles. The molecule has 3 rings (SSSR count). The monoisotopic (exact) mass is 510 g/mol. The Morgan fingerprint density at radius 2 is 1.81 bits per heavy atom. The summed E-state index contributed by atoms with van der Waals surface area (Å²) < 4.78 is 4.94. The molecule has 1 heterocycles. The second kappa shape index (κ2) is 12.3. The molecule has 36 heavy (non-hydrogen) atoms. The van der Waals surface area contributed by atoms with Crippen molar-refractivity contribution in [1.29, 1.82) is 0 Å². The van der Waals surface area contributed by atoms with Crippen molar-refractivity contribution in [3.8, 4) is 0 Å². The maximum Gasteiger partial charge on any atom is 0.338 e. The van der Waals surface area contributed by atoms with Crippen LogP contribution in [0.4, 0.5) is 11.4 Å². The second-order valence-electron chi connectivity index (χ2n) is 8.60. The lowest BCUT2D eigenvalue weighted by molar-refractivity contribution is -0.384. The Morgan fingerprint density at radius 3 is 2.39 bits per heavy atom. The Balaban J connectivity index is 1.56. The fourth-order valence-corrected chi connectivity index (χ4v) is 4.10. The number of esters is 1. The van der Waals surface area contributed by atoms with Gasteiger partial charge in [0, 0.05) is 38.3 Å². The molecule has 190 valence electrons. The minimum absolute atomic E-state index is 0.138. The lowest BCUT2D eigenvalue weighted by Gasteiger charge is -2.36. The molecule has 9 nitrogen and oxygen atoms in total. The molecule has 1 N–H and O–H groups in total. The van der Waals surface area contributed by atoms with Crippen molar-refractivity contribution in [3.63, 3.8) is 0 Å². The molecule has 0 unspecified atom stereocenters. The van der Waals surface area contributed by atoms with Gasteiger partial charge in [-0.3, -0.25) is 20.2 Å². The lowest BCUT2D eigenvalue weighted by atomic mass is 10.0. The Labute approximate surface area is 215 Å². The van der Waals surface area contributed by atoms with Gasteiger partial charge in [0.15, 0.2) is 5.11 Å². The number of nitro groups is 1. The molecule has 0 aromatic heterocycles. The van der Waals surface area contributed by atoms with Gasteiger partial charge in [0.2, 0.25) is 5.91 Å². The SMILES string of the molecule is CCOC(=O)c1ccc(N2CCN(C(=S)NC(=O)/C=C/c3ccc(C(C)C)cc3)CC2)c([N+](=O)[O-])c1. The fourth-order valence-electron chi connectivity index (χ4n) is 3.82. The summed E-state index contributed by atoms with van der Waals surface area (Å²) in [6.45, 7) is 8.01. The summed E-state index contributed by atoms with van der Waals surface area (Å²) in [7, 11) is 0. The first-order chi connectivity index (χ1) is 17.2. The Morgan fingerprint density at radius 1 is 1.14 bits per heavy atom.